The molecule has 1 amide bonds. The van der Waals surface area contributed by atoms with E-state index in [0.717, 1.165) is 25.4 Å². The minimum atomic E-state index is -0.244. The van der Waals surface area contributed by atoms with Gasteiger partial charge in [-0.15, -0.1) is 0 Å². The average molecular weight is 347 g/mol. The van der Waals surface area contributed by atoms with E-state index in [1.165, 1.54) is 24.8 Å². The third kappa shape index (κ3) is 4.93. The van der Waals surface area contributed by atoms with Gasteiger partial charge in [0.25, 0.3) is 0 Å². The van der Waals surface area contributed by atoms with Crippen molar-refractivity contribution in [2.24, 2.45) is 0 Å². The number of morpholine rings is 1. The van der Waals surface area contributed by atoms with Crippen molar-refractivity contribution in [3.8, 4) is 5.75 Å². The van der Waals surface area contributed by atoms with Crippen LogP contribution >= 0.6 is 0 Å². The Morgan fingerprint density at radius 2 is 2.08 bits per heavy atom. The van der Waals surface area contributed by atoms with Crippen LogP contribution < -0.4 is 15.4 Å². The van der Waals surface area contributed by atoms with E-state index >= 15 is 0 Å². The van der Waals surface area contributed by atoms with Crippen molar-refractivity contribution >= 4 is 5.91 Å². The largest absolute Gasteiger partial charge is 0.497 e. The van der Waals surface area contributed by atoms with Crippen LogP contribution in [0, 0.1) is 0 Å². The molecule has 2 N–H and O–H groups in total. The van der Waals surface area contributed by atoms with Crippen molar-refractivity contribution in [1.29, 1.82) is 0 Å². The van der Waals surface area contributed by atoms with Gasteiger partial charge in [0, 0.05) is 13.1 Å². The molecule has 2 atom stereocenters. The van der Waals surface area contributed by atoms with E-state index in [1.54, 1.807) is 7.11 Å². The van der Waals surface area contributed by atoms with Gasteiger partial charge in [-0.2, -0.15) is 0 Å². The topological polar surface area (TPSA) is 62.8 Å². The van der Waals surface area contributed by atoms with Crippen LogP contribution in [-0.4, -0.2) is 63.4 Å². The standard InChI is InChI=1S/C19H29N3O3/c1-24-16-7-5-15(6-8-16)18(22-10-3-2-4-11-22)13-21-19(23)17-14-25-12-9-20-17/h5-8,17-18,20H,2-4,9-14H2,1H3,(H,21,23). The van der Waals surface area contributed by atoms with Crippen molar-refractivity contribution in [3.63, 3.8) is 0 Å². The minimum Gasteiger partial charge on any atom is -0.497 e. The van der Waals surface area contributed by atoms with E-state index in [2.05, 4.69) is 27.7 Å². The summed E-state index contributed by atoms with van der Waals surface area (Å²) in [4.78, 5) is 14.9. The third-order valence-electron chi connectivity index (χ3n) is 5.04. The van der Waals surface area contributed by atoms with Gasteiger partial charge < -0.3 is 20.1 Å². The molecule has 2 unspecified atom stereocenters. The molecule has 2 heterocycles. The fourth-order valence-electron chi connectivity index (χ4n) is 3.57. The lowest BCUT2D eigenvalue weighted by atomic mass is 10.0. The Balaban J connectivity index is 1.65. The van der Waals surface area contributed by atoms with Gasteiger partial charge in [-0.25, -0.2) is 0 Å². The van der Waals surface area contributed by atoms with Crippen LogP contribution in [0.5, 0.6) is 5.75 Å². The molecule has 2 aliphatic heterocycles. The van der Waals surface area contributed by atoms with E-state index in [9.17, 15) is 4.79 Å². The van der Waals surface area contributed by atoms with Crippen molar-refractivity contribution in [2.45, 2.75) is 31.3 Å². The van der Waals surface area contributed by atoms with Gasteiger partial charge in [0.2, 0.25) is 5.91 Å². The van der Waals surface area contributed by atoms with Gasteiger partial charge in [0.1, 0.15) is 11.8 Å². The Morgan fingerprint density at radius 1 is 1.32 bits per heavy atom. The second-order valence-corrected chi connectivity index (χ2v) is 6.71. The van der Waals surface area contributed by atoms with E-state index in [1.807, 2.05) is 12.1 Å². The summed E-state index contributed by atoms with van der Waals surface area (Å²) in [5, 5.41) is 6.33. The fraction of sp³-hybridized carbons (Fsp3) is 0.632. The Morgan fingerprint density at radius 3 is 2.72 bits per heavy atom. The first kappa shape index (κ1) is 18.2. The average Bonchev–Trinajstić information content (AvgIpc) is 2.70. The summed E-state index contributed by atoms with van der Waals surface area (Å²) in [7, 11) is 1.68. The number of ether oxygens (including phenoxy) is 2. The van der Waals surface area contributed by atoms with E-state index < -0.39 is 0 Å². The van der Waals surface area contributed by atoms with Crippen LogP contribution in [0.15, 0.2) is 24.3 Å². The maximum atomic E-state index is 12.4. The van der Waals surface area contributed by atoms with Gasteiger partial charge in [-0.3, -0.25) is 9.69 Å². The summed E-state index contributed by atoms with van der Waals surface area (Å²) < 4.78 is 10.7. The monoisotopic (exact) mass is 347 g/mol. The summed E-state index contributed by atoms with van der Waals surface area (Å²) >= 11 is 0. The molecule has 0 radical (unpaired) electrons. The van der Waals surface area contributed by atoms with E-state index in [4.69, 9.17) is 9.47 Å². The predicted molar refractivity (Wildman–Crippen MR) is 96.8 cm³/mol. The summed E-state index contributed by atoms with van der Waals surface area (Å²) in [6, 6.07) is 8.14. The second-order valence-electron chi connectivity index (χ2n) is 6.71. The molecule has 2 saturated heterocycles. The first-order valence-corrected chi connectivity index (χ1v) is 9.25. The van der Waals surface area contributed by atoms with Crippen molar-refractivity contribution in [3.05, 3.63) is 29.8 Å². The smallest absolute Gasteiger partial charge is 0.239 e. The normalized spacial score (nSPS) is 23.0. The molecule has 0 saturated carbocycles. The molecule has 2 aliphatic rings. The number of rotatable bonds is 6. The highest BCUT2D eigenvalue weighted by molar-refractivity contribution is 5.82. The number of nitrogens with one attached hydrogen (secondary N) is 2. The van der Waals surface area contributed by atoms with Crippen LogP contribution in [0.2, 0.25) is 0 Å². The number of benzene rings is 1. The molecule has 1 aromatic carbocycles. The maximum absolute atomic E-state index is 12.4. The molecule has 2 fully saturated rings. The fourth-order valence-corrected chi connectivity index (χ4v) is 3.57. The lowest BCUT2D eigenvalue weighted by molar-refractivity contribution is -0.126. The quantitative estimate of drug-likeness (QED) is 0.813. The van der Waals surface area contributed by atoms with E-state index in [0.29, 0.717) is 19.8 Å². The van der Waals surface area contributed by atoms with Crippen LogP contribution in [0.1, 0.15) is 30.9 Å². The lowest BCUT2D eigenvalue weighted by Gasteiger charge is -2.35. The van der Waals surface area contributed by atoms with Gasteiger partial charge in [0.05, 0.1) is 26.4 Å². The molecule has 0 bridgehead atoms. The zero-order valence-corrected chi connectivity index (χ0v) is 15.0. The number of hydrogen-bond acceptors (Lipinski definition) is 5. The van der Waals surface area contributed by atoms with Crippen LogP contribution in [0.25, 0.3) is 0 Å². The highest BCUT2D eigenvalue weighted by Crippen LogP contribution is 2.25. The van der Waals surface area contributed by atoms with Crippen LogP contribution in [0.4, 0.5) is 0 Å². The Bertz CT molecular complexity index is 537. The Labute approximate surface area is 149 Å². The molecule has 0 spiro atoms. The number of nitrogens with zero attached hydrogens (tertiary/aromatic N) is 1. The minimum absolute atomic E-state index is 0.0234. The number of likely N-dealkylation sites (tertiary alicyclic amines) is 1. The predicted octanol–water partition coefficient (Wildman–Crippen LogP) is 1.33. The molecule has 0 aromatic heterocycles. The van der Waals surface area contributed by atoms with Gasteiger partial charge in [-0.05, 0) is 43.6 Å². The number of carbonyl (C=O) groups excluding carboxylic acids is 1. The number of piperidine rings is 1. The Hall–Kier alpha value is -1.63. The summed E-state index contributed by atoms with van der Waals surface area (Å²) in [5.41, 5.74) is 1.22. The van der Waals surface area contributed by atoms with E-state index in [-0.39, 0.29) is 18.0 Å². The summed E-state index contributed by atoms with van der Waals surface area (Å²) in [5.74, 6) is 0.879. The molecule has 1 aromatic rings. The highest BCUT2D eigenvalue weighted by atomic mass is 16.5. The van der Waals surface area contributed by atoms with Gasteiger partial charge >= 0.3 is 0 Å². The van der Waals surface area contributed by atoms with Gasteiger partial charge in [-0.1, -0.05) is 18.6 Å². The number of amides is 1. The SMILES string of the molecule is COc1ccc(C(CNC(=O)C2COCCN2)N2CCCCC2)cc1. The molecule has 6 heteroatoms. The first-order valence-electron chi connectivity index (χ1n) is 9.25. The van der Waals surface area contributed by atoms with Crippen LogP contribution in [0.3, 0.4) is 0 Å². The maximum Gasteiger partial charge on any atom is 0.239 e. The molecule has 0 aliphatic carbocycles. The van der Waals surface area contributed by atoms with Crippen LogP contribution in [-0.2, 0) is 9.53 Å². The highest BCUT2D eigenvalue weighted by Gasteiger charge is 2.25. The van der Waals surface area contributed by atoms with Crippen molar-refractivity contribution in [1.82, 2.24) is 15.5 Å². The molecule has 138 valence electrons. The summed E-state index contributed by atoms with van der Waals surface area (Å²) in [6.45, 7) is 4.62. The molecular formula is C19H29N3O3. The van der Waals surface area contributed by atoms with Crippen molar-refractivity contribution < 1.29 is 14.3 Å². The molecule has 25 heavy (non-hydrogen) atoms. The number of hydrogen-bond donors (Lipinski definition) is 2. The zero-order chi connectivity index (χ0) is 17.5. The first-order chi connectivity index (χ1) is 12.3. The number of methoxy groups -OCH3 is 1. The lowest BCUT2D eigenvalue weighted by Crippen LogP contribution is -2.52. The van der Waals surface area contributed by atoms with Crippen molar-refractivity contribution in [2.75, 3.05) is 46.5 Å². The third-order valence-corrected chi connectivity index (χ3v) is 5.04. The molecule has 3 rings (SSSR count). The number of carbonyl (C=O) groups is 1. The summed E-state index contributed by atoms with van der Waals surface area (Å²) in [6.07, 6.45) is 3.73. The Kier molecular flexibility index (Phi) is 6.67. The second kappa shape index (κ2) is 9.17. The zero-order valence-electron chi connectivity index (χ0n) is 15.0. The molecular weight excluding hydrogens is 318 g/mol. The van der Waals surface area contributed by atoms with Gasteiger partial charge in [0.15, 0.2) is 0 Å². The molecule has 6 nitrogen and oxygen atoms in total.